The van der Waals surface area contributed by atoms with Crippen molar-refractivity contribution in [2.24, 2.45) is 0 Å². The Morgan fingerprint density at radius 3 is 1.43 bits per heavy atom. The summed E-state index contributed by atoms with van der Waals surface area (Å²) in [6, 6.07) is 41.8. The molecule has 0 amide bonds. The topological polar surface area (TPSA) is 19.6 Å². The summed E-state index contributed by atoms with van der Waals surface area (Å²) in [6.45, 7) is 43.6. The van der Waals surface area contributed by atoms with E-state index in [1.165, 1.54) is 113 Å². The molecule has 1 aromatic heterocycles. The minimum atomic E-state index is -0.0849. The molecule has 0 saturated heterocycles. The summed E-state index contributed by atoms with van der Waals surface area (Å²) in [7, 11) is 0. The first-order valence-electron chi connectivity index (χ1n) is 28.3. The van der Waals surface area contributed by atoms with Gasteiger partial charge in [-0.15, -0.1) is 0 Å². The summed E-state index contributed by atoms with van der Waals surface area (Å²) in [5, 5.41) is 1.20. The molecule has 0 unspecified atom stereocenters. The minimum absolute atomic E-state index is 0.0152. The van der Waals surface area contributed by atoms with Gasteiger partial charge in [0, 0.05) is 39.3 Å². The molecule has 3 heterocycles. The highest BCUT2D eigenvalue weighted by Crippen LogP contribution is 2.55. The molecule has 74 heavy (non-hydrogen) atoms. The molecule has 0 atom stereocenters. The lowest BCUT2D eigenvalue weighted by Crippen LogP contribution is -2.61. The molecule has 0 bridgehead atoms. The van der Waals surface area contributed by atoms with Crippen molar-refractivity contribution in [3.63, 3.8) is 0 Å². The predicted molar refractivity (Wildman–Crippen MR) is 319 cm³/mol. The van der Waals surface area contributed by atoms with E-state index in [1.54, 1.807) is 0 Å². The standard InChI is InChI=1S/C70H83BN2O/c1-63(2,3)43-23-26-47-59(37-43)74-62-60(47)71-55-40-53-54(70(17,18)34-33-69(53,15)16)41-56(55)72(44-24-27-49-51(38-44)67(11,12)31-29-65(49,7)8)57-35-42(46-21-19-20-22-48(46)64(4,5)6)36-58(61(57)71)73(62)45-25-28-50-52(39-45)68(13,14)32-30-66(50,9)10/h19-28,35-41H,29-34H2,1-18H3. The van der Waals surface area contributed by atoms with Gasteiger partial charge in [0.15, 0.2) is 0 Å². The van der Waals surface area contributed by atoms with Crippen molar-refractivity contribution in [2.45, 2.75) is 206 Å². The number of nitrogens with zero attached hydrogens (tertiary/aromatic N) is 2. The highest BCUT2D eigenvalue weighted by atomic mass is 16.4. The van der Waals surface area contributed by atoms with Crippen LogP contribution in [0.2, 0.25) is 0 Å². The molecule has 5 aliphatic rings. The first-order valence-corrected chi connectivity index (χ1v) is 28.3. The van der Waals surface area contributed by atoms with E-state index in [0.29, 0.717) is 0 Å². The predicted octanol–water partition coefficient (Wildman–Crippen LogP) is 17.8. The van der Waals surface area contributed by atoms with E-state index in [2.05, 4.69) is 238 Å². The lowest BCUT2D eigenvalue weighted by atomic mass is 9.33. The molecule has 0 saturated carbocycles. The zero-order valence-electron chi connectivity index (χ0n) is 48.4. The number of furan rings is 1. The number of anilines is 6. The molecule has 0 fully saturated rings. The fourth-order valence-electron chi connectivity index (χ4n) is 14.6. The second kappa shape index (κ2) is 15.6. The fourth-order valence-corrected chi connectivity index (χ4v) is 14.6. The third kappa shape index (κ3) is 7.32. The molecular weight excluding hydrogens is 896 g/mol. The highest BCUT2D eigenvalue weighted by Gasteiger charge is 2.50. The van der Waals surface area contributed by atoms with Gasteiger partial charge in [-0.25, -0.2) is 0 Å². The number of benzene rings is 6. The van der Waals surface area contributed by atoms with Crippen LogP contribution in [0, 0.1) is 0 Å². The van der Waals surface area contributed by atoms with Gasteiger partial charge >= 0.3 is 0 Å². The molecule has 3 aliphatic carbocycles. The van der Waals surface area contributed by atoms with Gasteiger partial charge in [0.05, 0.1) is 0 Å². The first kappa shape index (κ1) is 49.4. The molecule has 7 aromatic rings. The maximum Gasteiger partial charge on any atom is 0.257 e. The second-order valence-corrected chi connectivity index (χ2v) is 29.8. The smallest absolute Gasteiger partial charge is 0.257 e. The molecule has 3 nitrogen and oxygen atoms in total. The lowest BCUT2D eigenvalue weighted by Gasteiger charge is -2.47. The third-order valence-corrected chi connectivity index (χ3v) is 19.8. The normalized spacial score (nSPS) is 20.3. The van der Waals surface area contributed by atoms with Crippen LogP contribution in [0.1, 0.15) is 208 Å². The molecule has 6 aromatic carbocycles. The Kier molecular flexibility index (Phi) is 10.4. The molecule has 4 heteroatoms. The van der Waals surface area contributed by atoms with Gasteiger partial charge in [-0.1, -0.05) is 179 Å². The largest absolute Gasteiger partial charge is 0.440 e. The van der Waals surface area contributed by atoms with Gasteiger partial charge in [-0.2, -0.15) is 0 Å². The molecule has 12 rings (SSSR count). The molecular formula is C70H83BN2O. The summed E-state index contributed by atoms with van der Waals surface area (Å²) in [6.07, 6.45) is 6.99. The van der Waals surface area contributed by atoms with E-state index < -0.39 is 0 Å². The number of hydrogen-bond donors (Lipinski definition) is 0. The molecule has 2 aliphatic heterocycles. The molecule has 382 valence electrons. The van der Waals surface area contributed by atoms with Crippen molar-refractivity contribution in [2.75, 3.05) is 9.80 Å². The number of fused-ring (bicyclic) bond motifs is 9. The SMILES string of the molecule is CC(C)(C)c1ccc2c3c(oc2c1)N(c1ccc2c(c1)C(C)(C)CCC2(C)C)c1cc(-c2ccccc2C(C)(C)C)cc2c1B3c1cc3c(cc1N2c1ccc2c(c1)C(C)(C)CCC2(C)C)C(C)(C)CCC3(C)C. The van der Waals surface area contributed by atoms with Crippen LogP contribution in [0.4, 0.5) is 34.3 Å². The lowest BCUT2D eigenvalue weighted by molar-refractivity contribution is 0.332. The van der Waals surface area contributed by atoms with Gasteiger partial charge in [0.2, 0.25) is 5.88 Å². The Balaban J connectivity index is 1.26. The van der Waals surface area contributed by atoms with Crippen LogP contribution >= 0.6 is 0 Å². The van der Waals surface area contributed by atoms with Crippen LogP contribution in [0.15, 0.2) is 108 Å². The monoisotopic (exact) mass is 979 g/mol. The average Bonchev–Trinajstić information content (AvgIpc) is 3.71. The summed E-state index contributed by atoms with van der Waals surface area (Å²) >= 11 is 0. The van der Waals surface area contributed by atoms with E-state index >= 15 is 0 Å². The summed E-state index contributed by atoms with van der Waals surface area (Å²) in [5.41, 5.74) is 25.3. The van der Waals surface area contributed by atoms with Crippen molar-refractivity contribution >= 4 is 68.4 Å². The quantitative estimate of drug-likeness (QED) is 0.165. The van der Waals surface area contributed by atoms with Crippen LogP contribution in [0.3, 0.4) is 0 Å². The van der Waals surface area contributed by atoms with E-state index in [1.807, 2.05) is 0 Å². The van der Waals surface area contributed by atoms with Crippen LogP contribution in [-0.2, 0) is 43.3 Å². The summed E-state index contributed by atoms with van der Waals surface area (Å²) < 4.78 is 7.64. The van der Waals surface area contributed by atoms with Crippen molar-refractivity contribution in [3.8, 4) is 11.1 Å². The Bertz CT molecular complexity index is 3500. The van der Waals surface area contributed by atoms with Crippen LogP contribution in [-0.4, -0.2) is 6.71 Å². The summed E-state index contributed by atoms with van der Waals surface area (Å²) in [5.74, 6) is 0.943. The van der Waals surface area contributed by atoms with E-state index in [0.717, 1.165) is 42.8 Å². The number of hydrogen-bond acceptors (Lipinski definition) is 3. The van der Waals surface area contributed by atoms with Crippen molar-refractivity contribution in [1.82, 2.24) is 0 Å². The van der Waals surface area contributed by atoms with Gasteiger partial charge in [-0.05, 0) is 197 Å². The molecule has 0 radical (unpaired) electrons. The Morgan fingerprint density at radius 2 is 0.905 bits per heavy atom. The maximum absolute atomic E-state index is 7.64. The van der Waals surface area contributed by atoms with Crippen LogP contribution < -0.4 is 26.2 Å². The van der Waals surface area contributed by atoms with Gasteiger partial charge in [-0.3, -0.25) is 4.90 Å². The van der Waals surface area contributed by atoms with Gasteiger partial charge in [0.25, 0.3) is 6.71 Å². The van der Waals surface area contributed by atoms with Gasteiger partial charge < -0.3 is 9.32 Å². The average molecular weight is 979 g/mol. The van der Waals surface area contributed by atoms with E-state index in [-0.39, 0.29) is 50.0 Å². The minimum Gasteiger partial charge on any atom is -0.440 e. The molecule has 0 N–H and O–H groups in total. The van der Waals surface area contributed by atoms with E-state index in [4.69, 9.17) is 4.42 Å². The number of rotatable bonds is 3. The fraction of sp³-hybridized carbons (Fsp3) is 0.457. The first-order chi connectivity index (χ1) is 34.4. The Hall–Kier alpha value is -5.48. The Labute approximate surface area is 445 Å². The van der Waals surface area contributed by atoms with Crippen LogP contribution in [0.25, 0.3) is 22.1 Å². The van der Waals surface area contributed by atoms with Gasteiger partial charge in [0.1, 0.15) is 5.58 Å². The maximum atomic E-state index is 7.64. The zero-order valence-corrected chi connectivity index (χ0v) is 48.4. The van der Waals surface area contributed by atoms with Crippen molar-refractivity contribution < 1.29 is 4.42 Å². The third-order valence-electron chi connectivity index (χ3n) is 19.8. The van der Waals surface area contributed by atoms with E-state index in [9.17, 15) is 0 Å². The Morgan fingerprint density at radius 1 is 0.432 bits per heavy atom. The van der Waals surface area contributed by atoms with Crippen molar-refractivity contribution in [3.05, 3.63) is 148 Å². The van der Waals surface area contributed by atoms with Crippen LogP contribution in [0.5, 0.6) is 0 Å². The highest BCUT2D eigenvalue weighted by molar-refractivity contribution is 7.01. The van der Waals surface area contributed by atoms with Crippen molar-refractivity contribution in [1.29, 1.82) is 0 Å². The second-order valence-electron chi connectivity index (χ2n) is 29.8. The zero-order chi connectivity index (χ0) is 52.8. The summed E-state index contributed by atoms with van der Waals surface area (Å²) in [4.78, 5) is 5.29. The molecule has 0 spiro atoms.